The fourth-order valence-corrected chi connectivity index (χ4v) is 2.21. The lowest BCUT2D eigenvalue weighted by Gasteiger charge is -2.09. The van der Waals surface area contributed by atoms with Crippen LogP contribution in [0.25, 0.3) is 0 Å². The van der Waals surface area contributed by atoms with Crippen molar-refractivity contribution in [1.82, 2.24) is 15.5 Å². The Balaban J connectivity index is 1.92. The van der Waals surface area contributed by atoms with Gasteiger partial charge in [0.15, 0.2) is 5.82 Å². The van der Waals surface area contributed by atoms with Crippen LogP contribution in [0.5, 0.6) is 0 Å². The molecule has 1 N–H and O–H groups in total. The van der Waals surface area contributed by atoms with Gasteiger partial charge in [-0.05, 0) is 37.6 Å². The maximum absolute atomic E-state index is 5.96. The first kappa shape index (κ1) is 15.0. The van der Waals surface area contributed by atoms with Gasteiger partial charge in [-0.15, -0.1) is 0 Å². The summed E-state index contributed by atoms with van der Waals surface area (Å²) in [5.41, 5.74) is 1.09. The highest BCUT2D eigenvalue weighted by Crippen LogP contribution is 2.13. The molecule has 1 heterocycles. The summed E-state index contributed by atoms with van der Waals surface area (Å²) in [6.45, 7) is 5.27. The van der Waals surface area contributed by atoms with Gasteiger partial charge >= 0.3 is 0 Å². The fourth-order valence-electron chi connectivity index (χ4n) is 2.00. The van der Waals surface area contributed by atoms with Gasteiger partial charge in [0, 0.05) is 23.9 Å². The van der Waals surface area contributed by atoms with Gasteiger partial charge in [0.2, 0.25) is 5.89 Å². The van der Waals surface area contributed by atoms with E-state index in [0.29, 0.717) is 24.2 Å². The molecule has 1 aromatic heterocycles. The van der Waals surface area contributed by atoms with Crippen LogP contribution in [-0.4, -0.2) is 22.7 Å². The van der Waals surface area contributed by atoms with Gasteiger partial charge < -0.3 is 9.84 Å². The van der Waals surface area contributed by atoms with Crippen molar-refractivity contribution in [3.05, 3.63) is 46.6 Å². The summed E-state index contributed by atoms with van der Waals surface area (Å²) in [4.78, 5) is 4.42. The Morgan fingerprint density at radius 2 is 2.25 bits per heavy atom. The van der Waals surface area contributed by atoms with Crippen LogP contribution in [-0.2, 0) is 12.8 Å². The van der Waals surface area contributed by atoms with E-state index in [1.807, 2.05) is 24.3 Å². The highest BCUT2D eigenvalue weighted by atomic mass is 35.5. The quantitative estimate of drug-likeness (QED) is 0.851. The molecule has 2 rings (SSSR count). The molecule has 108 valence electrons. The van der Waals surface area contributed by atoms with E-state index in [2.05, 4.69) is 29.3 Å². The fraction of sp³-hybridized carbons (Fsp3) is 0.467. The highest BCUT2D eigenvalue weighted by molar-refractivity contribution is 6.30. The SMILES string of the molecule is CCCNC(C)Cc1nc(Cc2cccc(Cl)c2)no1. The molecule has 1 unspecified atom stereocenters. The van der Waals surface area contributed by atoms with Crippen molar-refractivity contribution in [1.29, 1.82) is 0 Å². The summed E-state index contributed by atoms with van der Waals surface area (Å²) in [5.74, 6) is 1.38. The van der Waals surface area contributed by atoms with Crippen LogP contribution in [0, 0.1) is 0 Å². The van der Waals surface area contributed by atoms with Crippen molar-refractivity contribution in [2.24, 2.45) is 0 Å². The monoisotopic (exact) mass is 293 g/mol. The van der Waals surface area contributed by atoms with Crippen LogP contribution in [0.1, 0.15) is 37.5 Å². The molecule has 0 saturated carbocycles. The first-order chi connectivity index (χ1) is 9.67. The van der Waals surface area contributed by atoms with Crippen LogP contribution in [0.3, 0.4) is 0 Å². The lowest BCUT2D eigenvalue weighted by Crippen LogP contribution is -2.28. The van der Waals surface area contributed by atoms with Crippen LogP contribution in [0.4, 0.5) is 0 Å². The summed E-state index contributed by atoms with van der Waals surface area (Å²) in [6.07, 6.45) is 2.51. The first-order valence-electron chi connectivity index (χ1n) is 6.96. The molecule has 0 spiro atoms. The molecule has 20 heavy (non-hydrogen) atoms. The minimum absolute atomic E-state index is 0.342. The third-order valence-corrected chi connectivity index (χ3v) is 3.22. The molecule has 0 aliphatic carbocycles. The zero-order valence-corrected chi connectivity index (χ0v) is 12.7. The molecular weight excluding hydrogens is 274 g/mol. The molecule has 5 heteroatoms. The van der Waals surface area contributed by atoms with Crippen molar-refractivity contribution < 1.29 is 4.52 Å². The molecule has 0 fully saturated rings. The Morgan fingerprint density at radius 1 is 1.40 bits per heavy atom. The van der Waals surface area contributed by atoms with Crippen LogP contribution in [0.2, 0.25) is 5.02 Å². The van der Waals surface area contributed by atoms with Gasteiger partial charge in [-0.1, -0.05) is 35.8 Å². The van der Waals surface area contributed by atoms with E-state index >= 15 is 0 Å². The number of halogens is 1. The molecule has 0 aliphatic heterocycles. The molecule has 0 radical (unpaired) electrons. The number of hydrogen-bond acceptors (Lipinski definition) is 4. The van der Waals surface area contributed by atoms with Crippen molar-refractivity contribution in [2.45, 2.75) is 39.2 Å². The van der Waals surface area contributed by atoms with E-state index in [1.54, 1.807) is 0 Å². The molecule has 0 aliphatic rings. The predicted octanol–water partition coefficient (Wildman–Crippen LogP) is 3.24. The Hall–Kier alpha value is -1.39. The molecule has 4 nitrogen and oxygen atoms in total. The van der Waals surface area contributed by atoms with Crippen molar-refractivity contribution in [2.75, 3.05) is 6.54 Å². The van der Waals surface area contributed by atoms with Gasteiger partial charge in [-0.25, -0.2) is 0 Å². The lowest BCUT2D eigenvalue weighted by molar-refractivity contribution is 0.358. The van der Waals surface area contributed by atoms with E-state index in [1.165, 1.54) is 0 Å². The highest BCUT2D eigenvalue weighted by Gasteiger charge is 2.10. The third kappa shape index (κ3) is 4.62. The average Bonchev–Trinajstić information content (AvgIpc) is 2.83. The van der Waals surface area contributed by atoms with E-state index in [-0.39, 0.29) is 0 Å². The maximum atomic E-state index is 5.96. The maximum Gasteiger partial charge on any atom is 0.228 e. The molecule has 1 atom stereocenters. The second-order valence-electron chi connectivity index (χ2n) is 4.97. The first-order valence-corrected chi connectivity index (χ1v) is 7.34. The molecule has 2 aromatic rings. The number of benzene rings is 1. The number of nitrogens with zero attached hydrogens (tertiary/aromatic N) is 2. The summed E-state index contributed by atoms with van der Waals surface area (Å²) >= 11 is 5.96. The minimum atomic E-state index is 0.342. The number of hydrogen-bond donors (Lipinski definition) is 1. The zero-order valence-electron chi connectivity index (χ0n) is 11.9. The smallest absolute Gasteiger partial charge is 0.228 e. The second kappa shape index (κ2) is 7.41. The van der Waals surface area contributed by atoms with E-state index < -0.39 is 0 Å². The van der Waals surface area contributed by atoms with Gasteiger partial charge in [0.25, 0.3) is 0 Å². The minimum Gasteiger partial charge on any atom is -0.339 e. The third-order valence-electron chi connectivity index (χ3n) is 2.99. The molecular formula is C15H20ClN3O. The van der Waals surface area contributed by atoms with E-state index in [9.17, 15) is 0 Å². The summed E-state index contributed by atoms with van der Waals surface area (Å²) in [6, 6.07) is 8.05. The zero-order chi connectivity index (χ0) is 14.4. The van der Waals surface area contributed by atoms with Gasteiger partial charge in [-0.2, -0.15) is 4.98 Å². The Morgan fingerprint density at radius 3 is 3.00 bits per heavy atom. The van der Waals surface area contributed by atoms with Crippen LogP contribution >= 0.6 is 11.6 Å². The molecule has 1 aromatic carbocycles. The topological polar surface area (TPSA) is 51.0 Å². The Bertz CT molecular complexity index is 541. The van der Waals surface area contributed by atoms with E-state index in [0.717, 1.165) is 30.0 Å². The summed E-state index contributed by atoms with van der Waals surface area (Å²) in [5, 5.41) is 8.15. The molecule has 0 saturated heterocycles. The normalized spacial score (nSPS) is 12.6. The number of rotatable bonds is 7. The van der Waals surface area contributed by atoms with Crippen molar-refractivity contribution >= 4 is 11.6 Å². The molecule has 0 bridgehead atoms. The Kier molecular flexibility index (Phi) is 5.56. The molecule has 0 amide bonds. The lowest BCUT2D eigenvalue weighted by atomic mass is 10.1. The Labute approximate surface area is 124 Å². The summed E-state index contributed by atoms with van der Waals surface area (Å²) < 4.78 is 5.28. The summed E-state index contributed by atoms with van der Waals surface area (Å²) in [7, 11) is 0. The van der Waals surface area contributed by atoms with Crippen molar-refractivity contribution in [3.8, 4) is 0 Å². The number of aromatic nitrogens is 2. The van der Waals surface area contributed by atoms with Gasteiger partial charge in [0.05, 0.1) is 0 Å². The van der Waals surface area contributed by atoms with Crippen LogP contribution in [0.15, 0.2) is 28.8 Å². The largest absolute Gasteiger partial charge is 0.339 e. The standard InChI is InChI=1S/C15H20ClN3O/c1-3-7-17-11(2)8-15-18-14(19-20-15)10-12-5-4-6-13(16)9-12/h4-6,9,11,17H,3,7-8,10H2,1-2H3. The second-order valence-corrected chi connectivity index (χ2v) is 5.41. The van der Waals surface area contributed by atoms with Gasteiger partial charge in [-0.3, -0.25) is 0 Å². The van der Waals surface area contributed by atoms with Crippen molar-refractivity contribution in [3.63, 3.8) is 0 Å². The van der Waals surface area contributed by atoms with Crippen LogP contribution < -0.4 is 5.32 Å². The van der Waals surface area contributed by atoms with E-state index in [4.69, 9.17) is 16.1 Å². The predicted molar refractivity (Wildman–Crippen MR) is 80.0 cm³/mol. The number of nitrogens with one attached hydrogen (secondary N) is 1. The average molecular weight is 294 g/mol. The van der Waals surface area contributed by atoms with Gasteiger partial charge in [0.1, 0.15) is 0 Å².